The highest BCUT2D eigenvalue weighted by atomic mass is 32.2. The molecule has 0 aromatic rings. The van der Waals surface area contributed by atoms with E-state index in [1.165, 1.54) is 0 Å². The Labute approximate surface area is 68.3 Å². The van der Waals surface area contributed by atoms with Gasteiger partial charge in [-0.2, -0.15) is 0 Å². The van der Waals surface area contributed by atoms with Gasteiger partial charge in [0.1, 0.15) is 0 Å². The fraction of sp³-hybridized carbons (Fsp3) is 0.125. The molecule has 0 saturated carbocycles. The van der Waals surface area contributed by atoms with E-state index in [2.05, 4.69) is 0 Å². The summed E-state index contributed by atoms with van der Waals surface area (Å²) in [5.74, 6) is 0.137. The molecule has 0 amide bonds. The van der Waals surface area contributed by atoms with Gasteiger partial charge in [-0.25, -0.2) is 4.79 Å². The molecular formula is C8H6O2S. The zero-order valence-electron chi connectivity index (χ0n) is 5.70. The van der Waals surface area contributed by atoms with Crippen molar-refractivity contribution < 1.29 is 9.90 Å². The van der Waals surface area contributed by atoms with Crippen molar-refractivity contribution in [2.24, 2.45) is 0 Å². The van der Waals surface area contributed by atoms with Gasteiger partial charge in [0.05, 0.1) is 5.57 Å². The molecule has 1 heterocycles. The van der Waals surface area contributed by atoms with E-state index < -0.39 is 5.97 Å². The summed E-state index contributed by atoms with van der Waals surface area (Å²) in [4.78, 5) is 11.6. The van der Waals surface area contributed by atoms with Gasteiger partial charge in [-0.05, 0) is 17.7 Å². The van der Waals surface area contributed by atoms with E-state index in [0.29, 0.717) is 5.57 Å². The summed E-state index contributed by atoms with van der Waals surface area (Å²) < 4.78 is 0. The van der Waals surface area contributed by atoms with Gasteiger partial charge in [0, 0.05) is 10.7 Å². The Morgan fingerprint density at radius 1 is 1.55 bits per heavy atom. The average molecular weight is 166 g/mol. The number of hydrogen-bond donors (Lipinski definition) is 1. The number of hydrogen-bond acceptors (Lipinski definition) is 2. The molecule has 0 spiro atoms. The maximum absolute atomic E-state index is 10.5. The van der Waals surface area contributed by atoms with E-state index in [1.54, 1.807) is 23.9 Å². The summed E-state index contributed by atoms with van der Waals surface area (Å²) in [6.45, 7) is 0. The van der Waals surface area contributed by atoms with Crippen molar-refractivity contribution in [3.8, 4) is 0 Å². The molecule has 0 radical (unpaired) electrons. The fourth-order valence-electron chi connectivity index (χ4n) is 1.13. The van der Waals surface area contributed by atoms with Crippen molar-refractivity contribution in [1.29, 1.82) is 0 Å². The number of allylic oxidation sites excluding steroid dienone is 2. The van der Waals surface area contributed by atoms with Crippen LogP contribution in [0.4, 0.5) is 0 Å². The standard InChI is InChI=1S/C8H6O2S/c9-8(10)6-3-5-1-2-11-7(5)4-6/h1,3-4H,2H2,(H,9,10). The van der Waals surface area contributed by atoms with Crippen LogP contribution in [0.5, 0.6) is 0 Å². The van der Waals surface area contributed by atoms with Crippen LogP contribution in [0.15, 0.2) is 34.3 Å². The Bertz CT molecular complexity index is 307. The molecule has 0 atom stereocenters. The third-order valence-electron chi connectivity index (χ3n) is 1.67. The lowest BCUT2D eigenvalue weighted by Crippen LogP contribution is -1.94. The smallest absolute Gasteiger partial charge is 0.335 e. The molecule has 2 aliphatic rings. The van der Waals surface area contributed by atoms with Gasteiger partial charge in [0.15, 0.2) is 0 Å². The topological polar surface area (TPSA) is 37.3 Å². The summed E-state index contributed by atoms with van der Waals surface area (Å²) in [7, 11) is 0. The third kappa shape index (κ3) is 1.01. The first-order valence-electron chi connectivity index (χ1n) is 3.27. The van der Waals surface area contributed by atoms with Gasteiger partial charge in [-0.15, -0.1) is 11.8 Å². The van der Waals surface area contributed by atoms with Crippen molar-refractivity contribution >= 4 is 17.7 Å². The zero-order valence-corrected chi connectivity index (χ0v) is 6.52. The molecule has 1 aliphatic heterocycles. The van der Waals surface area contributed by atoms with Gasteiger partial charge in [0.2, 0.25) is 0 Å². The van der Waals surface area contributed by atoms with Crippen LogP contribution in [0.25, 0.3) is 0 Å². The maximum Gasteiger partial charge on any atom is 0.335 e. The van der Waals surface area contributed by atoms with Crippen molar-refractivity contribution in [2.75, 3.05) is 5.75 Å². The predicted octanol–water partition coefficient (Wildman–Crippen LogP) is 1.57. The Morgan fingerprint density at radius 3 is 3.00 bits per heavy atom. The number of rotatable bonds is 1. The second-order valence-electron chi connectivity index (χ2n) is 2.38. The van der Waals surface area contributed by atoms with Crippen LogP contribution < -0.4 is 0 Å². The van der Waals surface area contributed by atoms with Crippen LogP contribution in [0.3, 0.4) is 0 Å². The van der Waals surface area contributed by atoms with Gasteiger partial charge in [-0.1, -0.05) is 6.08 Å². The van der Waals surface area contributed by atoms with E-state index >= 15 is 0 Å². The molecule has 0 aromatic carbocycles. The highest BCUT2D eigenvalue weighted by Gasteiger charge is 2.19. The molecule has 1 N–H and O–H groups in total. The van der Waals surface area contributed by atoms with Crippen molar-refractivity contribution in [2.45, 2.75) is 0 Å². The number of thioether (sulfide) groups is 1. The van der Waals surface area contributed by atoms with Crippen molar-refractivity contribution in [3.05, 3.63) is 34.3 Å². The largest absolute Gasteiger partial charge is 0.478 e. The molecule has 56 valence electrons. The molecular weight excluding hydrogens is 160 g/mol. The Kier molecular flexibility index (Phi) is 1.39. The second-order valence-corrected chi connectivity index (χ2v) is 3.45. The number of carbonyl (C=O) groups is 1. The lowest BCUT2D eigenvalue weighted by Gasteiger charge is -1.88. The van der Waals surface area contributed by atoms with Crippen LogP contribution in [0.2, 0.25) is 0 Å². The van der Waals surface area contributed by atoms with E-state index in [-0.39, 0.29) is 0 Å². The van der Waals surface area contributed by atoms with Crippen LogP contribution in [0.1, 0.15) is 0 Å². The summed E-state index contributed by atoms with van der Waals surface area (Å²) in [6, 6.07) is 0. The highest BCUT2D eigenvalue weighted by molar-refractivity contribution is 8.03. The molecule has 2 nitrogen and oxygen atoms in total. The van der Waals surface area contributed by atoms with Gasteiger partial charge in [-0.3, -0.25) is 0 Å². The van der Waals surface area contributed by atoms with Crippen LogP contribution >= 0.6 is 11.8 Å². The number of aliphatic carboxylic acids is 1. The lowest BCUT2D eigenvalue weighted by atomic mass is 10.2. The van der Waals surface area contributed by atoms with E-state index in [1.807, 2.05) is 6.08 Å². The van der Waals surface area contributed by atoms with Crippen molar-refractivity contribution in [1.82, 2.24) is 0 Å². The molecule has 0 fully saturated rings. The minimum Gasteiger partial charge on any atom is -0.478 e. The number of fused-ring (bicyclic) bond motifs is 1. The number of carboxylic acids is 1. The molecule has 1 aliphatic carbocycles. The molecule has 0 bridgehead atoms. The maximum atomic E-state index is 10.5. The van der Waals surface area contributed by atoms with Gasteiger partial charge >= 0.3 is 5.97 Å². The second kappa shape index (κ2) is 2.27. The quantitative estimate of drug-likeness (QED) is 0.642. The minimum atomic E-state index is -0.839. The molecule has 2 rings (SSSR count). The van der Waals surface area contributed by atoms with Crippen LogP contribution in [-0.4, -0.2) is 16.8 Å². The highest BCUT2D eigenvalue weighted by Crippen LogP contribution is 2.37. The van der Waals surface area contributed by atoms with Gasteiger partial charge < -0.3 is 5.11 Å². The molecule has 0 aromatic heterocycles. The van der Waals surface area contributed by atoms with Crippen LogP contribution in [0, 0.1) is 0 Å². The first-order chi connectivity index (χ1) is 5.27. The Hall–Kier alpha value is -0.960. The zero-order chi connectivity index (χ0) is 7.84. The minimum absolute atomic E-state index is 0.401. The summed E-state index contributed by atoms with van der Waals surface area (Å²) >= 11 is 1.69. The first kappa shape index (κ1) is 6.73. The Balaban J connectivity index is 2.38. The van der Waals surface area contributed by atoms with E-state index in [9.17, 15) is 4.79 Å². The summed E-state index contributed by atoms with van der Waals surface area (Å²) in [5, 5.41) is 8.62. The van der Waals surface area contributed by atoms with E-state index in [4.69, 9.17) is 5.11 Å². The van der Waals surface area contributed by atoms with Crippen molar-refractivity contribution in [3.63, 3.8) is 0 Å². The van der Waals surface area contributed by atoms with Gasteiger partial charge in [0.25, 0.3) is 0 Å². The van der Waals surface area contributed by atoms with E-state index in [0.717, 1.165) is 16.2 Å². The SMILES string of the molecule is O=C(O)C1=CC2=CCSC2=C1. The molecule has 0 saturated heterocycles. The predicted molar refractivity (Wildman–Crippen MR) is 44.3 cm³/mol. The normalized spacial score (nSPS) is 20.5. The summed E-state index contributed by atoms with van der Waals surface area (Å²) in [5.41, 5.74) is 1.48. The first-order valence-corrected chi connectivity index (χ1v) is 4.26. The third-order valence-corrected chi connectivity index (χ3v) is 2.67. The molecule has 11 heavy (non-hydrogen) atoms. The molecule has 0 unspecified atom stereocenters. The number of carboxylic acid groups (broad SMARTS) is 1. The fourth-order valence-corrected chi connectivity index (χ4v) is 2.10. The molecule has 3 heteroatoms. The Morgan fingerprint density at radius 2 is 2.36 bits per heavy atom. The monoisotopic (exact) mass is 166 g/mol. The average Bonchev–Trinajstić information content (AvgIpc) is 2.40. The lowest BCUT2D eigenvalue weighted by molar-refractivity contribution is -0.132. The summed E-state index contributed by atoms with van der Waals surface area (Å²) in [6.07, 6.45) is 5.50. The van der Waals surface area contributed by atoms with Crippen LogP contribution in [-0.2, 0) is 4.79 Å².